The van der Waals surface area contributed by atoms with E-state index in [1.807, 2.05) is 62.4 Å². The van der Waals surface area contributed by atoms with Gasteiger partial charge in [-0.3, -0.25) is 9.97 Å². The molecule has 0 aliphatic rings. The van der Waals surface area contributed by atoms with Crippen LogP contribution in [0.5, 0.6) is 11.5 Å². The quantitative estimate of drug-likeness (QED) is 0.466. The van der Waals surface area contributed by atoms with Gasteiger partial charge in [0.2, 0.25) is 0 Å². The van der Waals surface area contributed by atoms with Crippen LogP contribution in [0.4, 0.5) is 0 Å². The molecule has 0 atom stereocenters. The van der Waals surface area contributed by atoms with Crippen LogP contribution in [-0.2, 0) is 0 Å². The second-order valence-corrected chi connectivity index (χ2v) is 6.46. The average molecular weight is 362 g/mol. The molecule has 0 spiro atoms. The first-order valence-corrected chi connectivity index (χ1v) is 8.61. The van der Waals surface area contributed by atoms with Crippen LogP contribution in [0, 0.1) is 13.8 Å². The number of fused-ring (bicyclic) bond motifs is 1. The van der Waals surface area contributed by atoms with E-state index in [1.54, 1.807) is 12.4 Å². The van der Waals surface area contributed by atoms with Gasteiger partial charge in [-0.15, -0.1) is 0 Å². The van der Waals surface area contributed by atoms with Crippen molar-refractivity contribution < 1.29 is 4.74 Å². The van der Waals surface area contributed by atoms with Crippen LogP contribution < -0.4 is 4.74 Å². The second-order valence-electron chi connectivity index (χ2n) is 6.03. The van der Waals surface area contributed by atoms with Gasteiger partial charge in [-0.1, -0.05) is 17.7 Å². The first-order valence-electron chi connectivity index (χ1n) is 8.23. The molecule has 26 heavy (non-hydrogen) atoms. The largest absolute Gasteiger partial charge is 0.454 e. The molecule has 1 aromatic carbocycles. The van der Waals surface area contributed by atoms with Crippen molar-refractivity contribution in [3.8, 4) is 22.9 Å². The van der Waals surface area contributed by atoms with E-state index < -0.39 is 0 Å². The van der Waals surface area contributed by atoms with Crippen molar-refractivity contribution in [1.29, 1.82) is 0 Å². The Morgan fingerprint density at radius 2 is 1.77 bits per heavy atom. The molecule has 0 bridgehead atoms. The predicted molar refractivity (Wildman–Crippen MR) is 104 cm³/mol. The highest BCUT2D eigenvalue weighted by atomic mass is 35.5. The van der Waals surface area contributed by atoms with E-state index in [9.17, 15) is 0 Å². The van der Waals surface area contributed by atoms with Gasteiger partial charge in [0.05, 0.1) is 11.2 Å². The Labute approximate surface area is 156 Å². The molecule has 0 unspecified atom stereocenters. The van der Waals surface area contributed by atoms with Crippen molar-refractivity contribution in [1.82, 2.24) is 15.0 Å². The van der Waals surface area contributed by atoms with E-state index in [0.717, 1.165) is 27.9 Å². The fourth-order valence-electron chi connectivity index (χ4n) is 2.75. The maximum atomic E-state index is 6.27. The van der Waals surface area contributed by atoms with Gasteiger partial charge in [-0.2, -0.15) is 0 Å². The number of hydrogen-bond donors (Lipinski definition) is 0. The molecular weight excluding hydrogens is 346 g/mol. The predicted octanol–water partition coefficient (Wildman–Crippen LogP) is 5.75. The maximum absolute atomic E-state index is 6.27. The lowest BCUT2D eigenvalue weighted by Crippen LogP contribution is -1.98. The van der Waals surface area contributed by atoms with Crippen LogP contribution >= 0.6 is 11.6 Å². The highest BCUT2D eigenvalue weighted by Crippen LogP contribution is 2.35. The van der Waals surface area contributed by atoms with Crippen molar-refractivity contribution in [3.05, 3.63) is 77.2 Å². The molecule has 128 valence electrons. The zero-order valence-electron chi connectivity index (χ0n) is 14.4. The summed E-state index contributed by atoms with van der Waals surface area (Å²) in [6, 6.07) is 15.1. The van der Waals surface area contributed by atoms with Crippen molar-refractivity contribution in [3.63, 3.8) is 0 Å². The van der Waals surface area contributed by atoms with Crippen LogP contribution in [0.15, 0.2) is 60.9 Å². The van der Waals surface area contributed by atoms with E-state index in [2.05, 4.69) is 9.97 Å². The summed E-state index contributed by atoms with van der Waals surface area (Å²) in [4.78, 5) is 13.5. The molecule has 0 amide bonds. The average Bonchev–Trinajstić information content (AvgIpc) is 2.65. The van der Waals surface area contributed by atoms with Crippen molar-refractivity contribution in [2.75, 3.05) is 0 Å². The molecule has 5 heteroatoms. The van der Waals surface area contributed by atoms with E-state index in [4.69, 9.17) is 21.3 Å². The topological polar surface area (TPSA) is 47.9 Å². The molecule has 3 heterocycles. The van der Waals surface area contributed by atoms with E-state index in [0.29, 0.717) is 22.2 Å². The number of nitrogens with zero attached hydrogens (tertiary/aromatic N) is 3. The number of aryl methyl sites for hydroxylation is 2. The summed E-state index contributed by atoms with van der Waals surface area (Å²) in [6.45, 7) is 4.00. The second kappa shape index (κ2) is 6.73. The maximum Gasteiger partial charge on any atom is 0.155 e. The summed E-state index contributed by atoms with van der Waals surface area (Å²) in [6.07, 6.45) is 3.46. The number of benzene rings is 1. The molecule has 3 aromatic heterocycles. The number of hydrogen-bond acceptors (Lipinski definition) is 4. The normalized spacial score (nSPS) is 10.9. The number of aromatic nitrogens is 3. The lowest BCUT2D eigenvalue weighted by Gasteiger charge is -2.14. The fraction of sp³-hybridized carbons (Fsp3) is 0.0952. The Hall–Kier alpha value is -2.98. The number of rotatable bonds is 3. The van der Waals surface area contributed by atoms with Gasteiger partial charge >= 0.3 is 0 Å². The molecule has 4 nitrogen and oxygen atoms in total. The van der Waals surface area contributed by atoms with Crippen molar-refractivity contribution >= 4 is 22.5 Å². The Bertz CT molecular complexity index is 1100. The molecule has 4 aromatic rings. The lowest BCUT2D eigenvalue weighted by atomic mass is 10.1. The summed E-state index contributed by atoms with van der Waals surface area (Å²) in [7, 11) is 0. The van der Waals surface area contributed by atoms with Crippen LogP contribution in [0.1, 0.15) is 11.3 Å². The molecule has 0 N–H and O–H groups in total. The van der Waals surface area contributed by atoms with Gasteiger partial charge in [0.1, 0.15) is 11.4 Å². The summed E-state index contributed by atoms with van der Waals surface area (Å²) < 4.78 is 6.27. The Balaban J connectivity index is 1.86. The molecule has 0 saturated heterocycles. The number of pyridine rings is 3. The summed E-state index contributed by atoms with van der Waals surface area (Å²) in [5.41, 5.74) is 4.27. The first-order chi connectivity index (χ1) is 12.6. The third-order valence-electron chi connectivity index (χ3n) is 4.22. The SMILES string of the molecule is Cc1cc(Oc2ccnc3cc(Cl)ccc23)c(-c2ccccn2)nc1C. The number of ether oxygens (including phenoxy) is 1. The molecule has 4 rings (SSSR count). The zero-order valence-corrected chi connectivity index (χ0v) is 15.2. The molecular formula is C21H16ClN3O. The smallest absolute Gasteiger partial charge is 0.155 e. The highest BCUT2D eigenvalue weighted by molar-refractivity contribution is 6.31. The van der Waals surface area contributed by atoms with Crippen LogP contribution in [0.25, 0.3) is 22.3 Å². The minimum atomic E-state index is 0.643. The van der Waals surface area contributed by atoms with Crippen LogP contribution in [0.2, 0.25) is 5.02 Å². The summed E-state index contributed by atoms with van der Waals surface area (Å²) >= 11 is 6.08. The summed E-state index contributed by atoms with van der Waals surface area (Å²) in [5.74, 6) is 1.36. The molecule has 0 aliphatic carbocycles. The number of halogens is 1. The van der Waals surface area contributed by atoms with E-state index >= 15 is 0 Å². The van der Waals surface area contributed by atoms with Crippen LogP contribution in [0.3, 0.4) is 0 Å². The minimum Gasteiger partial charge on any atom is -0.454 e. The Morgan fingerprint density at radius 1 is 0.885 bits per heavy atom. The minimum absolute atomic E-state index is 0.643. The first kappa shape index (κ1) is 16.5. The van der Waals surface area contributed by atoms with Gasteiger partial charge in [0.15, 0.2) is 5.75 Å². The highest BCUT2D eigenvalue weighted by Gasteiger charge is 2.14. The Kier molecular flexibility index (Phi) is 4.27. The Morgan fingerprint density at radius 3 is 2.58 bits per heavy atom. The summed E-state index contributed by atoms with van der Waals surface area (Å²) in [5, 5.41) is 1.53. The third-order valence-corrected chi connectivity index (χ3v) is 4.46. The van der Waals surface area contributed by atoms with E-state index in [-0.39, 0.29) is 0 Å². The van der Waals surface area contributed by atoms with Crippen molar-refractivity contribution in [2.24, 2.45) is 0 Å². The monoisotopic (exact) mass is 361 g/mol. The van der Waals surface area contributed by atoms with E-state index in [1.165, 1.54) is 0 Å². The molecule has 0 saturated carbocycles. The molecule has 0 aliphatic heterocycles. The van der Waals surface area contributed by atoms with Gasteiger partial charge < -0.3 is 4.74 Å². The zero-order chi connectivity index (χ0) is 18.1. The fourth-order valence-corrected chi connectivity index (χ4v) is 2.91. The van der Waals surface area contributed by atoms with Gasteiger partial charge in [0.25, 0.3) is 0 Å². The molecule has 0 radical (unpaired) electrons. The van der Waals surface area contributed by atoms with Gasteiger partial charge in [-0.25, -0.2) is 4.98 Å². The standard InChI is InChI=1S/C21H16ClN3O/c1-13-11-20(21(25-14(13)2)17-5-3-4-9-23-17)26-19-8-10-24-18-12-15(22)6-7-16(18)19/h3-12H,1-2H3. The van der Waals surface area contributed by atoms with Gasteiger partial charge in [-0.05, 0) is 61.9 Å². The lowest BCUT2D eigenvalue weighted by molar-refractivity contribution is 0.486. The van der Waals surface area contributed by atoms with Crippen molar-refractivity contribution in [2.45, 2.75) is 13.8 Å². The van der Waals surface area contributed by atoms with Crippen LogP contribution in [-0.4, -0.2) is 15.0 Å². The third kappa shape index (κ3) is 3.11. The van der Waals surface area contributed by atoms with Gasteiger partial charge in [0, 0.05) is 28.5 Å². The molecule has 0 fully saturated rings.